The quantitative estimate of drug-likeness (QED) is 0.290. The molecule has 5 rings (SSSR count). The van der Waals surface area contributed by atoms with Crippen LogP contribution in [0.25, 0.3) is 5.57 Å². The molecular formula is C36H42ClN3O3. The minimum absolute atomic E-state index is 0.0264. The molecule has 3 aromatic rings. The minimum atomic E-state index is -0.188. The number of ether oxygens (including phenoxy) is 1. The van der Waals surface area contributed by atoms with Gasteiger partial charge in [-0.2, -0.15) is 0 Å². The molecule has 2 unspecified atom stereocenters. The lowest BCUT2D eigenvalue weighted by Crippen LogP contribution is -2.61. The van der Waals surface area contributed by atoms with Crippen LogP contribution in [0.1, 0.15) is 47.6 Å². The lowest BCUT2D eigenvalue weighted by Gasteiger charge is -2.44. The number of amides is 2. The molecule has 2 atom stereocenters. The van der Waals surface area contributed by atoms with E-state index < -0.39 is 0 Å². The molecule has 0 aromatic heterocycles. The SMILES string of the molecule is CC(=O)N1CC2CC(c3ccc(CCCOc4cc(C)c(C)cc4Cl)cc3)=C(C(=O)N(C)CCc3ccccc3)C(C1)N2. The van der Waals surface area contributed by atoms with Crippen LogP contribution in [0.5, 0.6) is 5.75 Å². The van der Waals surface area contributed by atoms with Crippen molar-refractivity contribution in [2.24, 2.45) is 0 Å². The van der Waals surface area contributed by atoms with Crippen molar-refractivity contribution >= 4 is 29.0 Å². The summed E-state index contributed by atoms with van der Waals surface area (Å²) in [6.07, 6.45) is 3.25. The largest absolute Gasteiger partial charge is 0.492 e. The van der Waals surface area contributed by atoms with Gasteiger partial charge in [0.2, 0.25) is 5.91 Å². The Balaban J connectivity index is 1.30. The first kappa shape index (κ1) is 30.8. The van der Waals surface area contributed by atoms with E-state index in [-0.39, 0.29) is 23.9 Å². The first-order valence-electron chi connectivity index (χ1n) is 15.2. The summed E-state index contributed by atoms with van der Waals surface area (Å²) in [5.41, 5.74) is 7.71. The van der Waals surface area contributed by atoms with Crippen molar-refractivity contribution < 1.29 is 14.3 Å². The molecule has 6 nitrogen and oxygen atoms in total. The smallest absolute Gasteiger partial charge is 0.251 e. The van der Waals surface area contributed by atoms with E-state index in [1.165, 1.54) is 16.7 Å². The van der Waals surface area contributed by atoms with E-state index in [9.17, 15) is 9.59 Å². The van der Waals surface area contributed by atoms with Crippen LogP contribution in [0.15, 0.2) is 72.3 Å². The van der Waals surface area contributed by atoms with Crippen molar-refractivity contribution in [2.45, 2.75) is 58.5 Å². The number of piperazine rings is 1. The molecule has 2 aliphatic rings. The number of halogens is 1. The number of carbonyl (C=O) groups excluding carboxylic acids is 2. The standard InChI is InChI=1S/C36H42ClN3O3/c1-24-19-32(37)34(20-25(24)2)43-18-8-11-28-12-14-29(15-13-28)31-21-30-22-40(26(3)41)23-33(38-30)35(31)36(42)39(4)17-16-27-9-6-5-7-10-27/h5-7,9-10,12-15,19-20,30,33,38H,8,11,16-18,21-23H2,1-4H3. The molecule has 2 bridgehead atoms. The summed E-state index contributed by atoms with van der Waals surface area (Å²) < 4.78 is 5.98. The maximum Gasteiger partial charge on any atom is 0.251 e. The Morgan fingerprint density at radius 1 is 0.977 bits per heavy atom. The number of aryl methyl sites for hydroxylation is 3. The Bertz CT molecular complexity index is 1490. The molecule has 0 saturated carbocycles. The van der Waals surface area contributed by atoms with Crippen LogP contribution in [0.2, 0.25) is 5.02 Å². The molecule has 0 radical (unpaired) electrons. The van der Waals surface area contributed by atoms with Gasteiger partial charge in [-0.15, -0.1) is 0 Å². The van der Waals surface area contributed by atoms with Gasteiger partial charge in [-0.1, -0.05) is 66.2 Å². The van der Waals surface area contributed by atoms with Crippen molar-refractivity contribution in [3.63, 3.8) is 0 Å². The fraction of sp³-hybridized carbons (Fsp3) is 0.389. The highest BCUT2D eigenvalue weighted by molar-refractivity contribution is 6.32. The number of hydrogen-bond donors (Lipinski definition) is 1. The first-order valence-corrected chi connectivity index (χ1v) is 15.6. The molecule has 1 saturated heterocycles. The van der Waals surface area contributed by atoms with Gasteiger partial charge < -0.3 is 19.9 Å². The Kier molecular flexibility index (Phi) is 9.89. The van der Waals surface area contributed by atoms with Crippen LogP contribution >= 0.6 is 11.6 Å². The average Bonchev–Trinajstić information content (AvgIpc) is 3.00. The number of benzene rings is 3. The van der Waals surface area contributed by atoms with Gasteiger partial charge in [0, 0.05) is 45.2 Å². The normalized spacial score (nSPS) is 18.0. The molecule has 226 valence electrons. The van der Waals surface area contributed by atoms with Gasteiger partial charge in [0.25, 0.3) is 5.91 Å². The fourth-order valence-electron chi connectivity index (χ4n) is 6.07. The first-order chi connectivity index (χ1) is 20.7. The lowest BCUT2D eigenvalue weighted by atomic mass is 9.82. The van der Waals surface area contributed by atoms with Gasteiger partial charge >= 0.3 is 0 Å². The Morgan fingerprint density at radius 2 is 1.67 bits per heavy atom. The van der Waals surface area contributed by atoms with Crippen molar-refractivity contribution in [1.29, 1.82) is 0 Å². The van der Waals surface area contributed by atoms with E-state index in [2.05, 4.69) is 48.6 Å². The highest BCUT2D eigenvalue weighted by Crippen LogP contribution is 2.34. The average molecular weight is 600 g/mol. The molecule has 1 N–H and O–H groups in total. The van der Waals surface area contributed by atoms with Crippen molar-refractivity contribution in [3.8, 4) is 5.75 Å². The predicted octanol–water partition coefficient (Wildman–Crippen LogP) is 6.02. The number of nitrogens with one attached hydrogen (secondary N) is 1. The highest BCUT2D eigenvalue weighted by Gasteiger charge is 2.39. The third kappa shape index (κ3) is 7.49. The monoisotopic (exact) mass is 599 g/mol. The maximum atomic E-state index is 14.0. The second kappa shape index (κ2) is 13.8. The number of hydrogen-bond acceptors (Lipinski definition) is 4. The maximum absolute atomic E-state index is 14.0. The van der Waals surface area contributed by atoms with Gasteiger partial charge in [-0.05, 0) is 85.1 Å². The third-order valence-corrected chi connectivity index (χ3v) is 9.02. The second-order valence-corrected chi connectivity index (χ2v) is 12.3. The predicted molar refractivity (Wildman–Crippen MR) is 173 cm³/mol. The molecular weight excluding hydrogens is 558 g/mol. The Labute approximate surface area is 260 Å². The van der Waals surface area contributed by atoms with Gasteiger partial charge in [-0.25, -0.2) is 0 Å². The van der Waals surface area contributed by atoms with Crippen LogP contribution < -0.4 is 10.1 Å². The van der Waals surface area contributed by atoms with Gasteiger partial charge in [-0.3, -0.25) is 9.59 Å². The van der Waals surface area contributed by atoms with E-state index in [1.54, 1.807) is 6.92 Å². The summed E-state index contributed by atoms with van der Waals surface area (Å²) in [5, 5.41) is 4.29. The van der Waals surface area contributed by atoms with Crippen molar-refractivity contribution in [2.75, 3.05) is 33.3 Å². The molecule has 2 amide bonds. The van der Waals surface area contributed by atoms with Crippen LogP contribution in [-0.2, 0) is 22.4 Å². The summed E-state index contributed by atoms with van der Waals surface area (Å²) in [4.78, 5) is 30.0. The number of fused-ring (bicyclic) bond motifs is 2. The molecule has 2 heterocycles. The number of carbonyl (C=O) groups is 2. The van der Waals surface area contributed by atoms with E-state index in [0.29, 0.717) is 37.7 Å². The third-order valence-electron chi connectivity index (χ3n) is 8.72. The molecule has 2 aliphatic heterocycles. The van der Waals surface area contributed by atoms with Gasteiger partial charge in [0.15, 0.2) is 0 Å². The summed E-state index contributed by atoms with van der Waals surface area (Å²) in [5.74, 6) is 0.814. The lowest BCUT2D eigenvalue weighted by molar-refractivity contribution is -0.132. The van der Waals surface area contributed by atoms with E-state index in [1.807, 2.05) is 54.1 Å². The summed E-state index contributed by atoms with van der Waals surface area (Å²) in [6, 6.07) is 22.7. The second-order valence-electron chi connectivity index (χ2n) is 11.9. The molecule has 0 spiro atoms. The molecule has 0 aliphatic carbocycles. The van der Waals surface area contributed by atoms with Gasteiger partial charge in [0.1, 0.15) is 5.75 Å². The van der Waals surface area contributed by atoms with Crippen LogP contribution in [-0.4, -0.2) is 67.0 Å². The Hall–Kier alpha value is -3.61. The van der Waals surface area contributed by atoms with Gasteiger partial charge in [0.05, 0.1) is 17.7 Å². The molecule has 7 heteroatoms. The number of rotatable bonds is 10. The zero-order chi connectivity index (χ0) is 30.5. The Morgan fingerprint density at radius 3 is 2.40 bits per heavy atom. The zero-order valence-corrected chi connectivity index (χ0v) is 26.4. The topological polar surface area (TPSA) is 61.9 Å². The summed E-state index contributed by atoms with van der Waals surface area (Å²) >= 11 is 6.37. The van der Waals surface area contributed by atoms with E-state index >= 15 is 0 Å². The van der Waals surface area contributed by atoms with Crippen molar-refractivity contribution in [3.05, 3.63) is 105 Å². The highest BCUT2D eigenvalue weighted by atomic mass is 35.5. The number of likely N-dealkylation sites (N-methyl/N-ethyl adjacent to an activating group) is 1. The minimum Gasteiger partial charge on any atom is -0.492 e. The van der Waals surface area contributed by atoms with E-state index in [0.717, 1.165) is 47.3 Å². The summed E-state index contributed by atoms with van der Waals surface area (Å²) in [7, 11) is 1.88. The fourth-order valence-corrected chi connectivity index (χ4v) is 6.34. The van der Waals surface area contributed by atoms with Crippen molar-refractivity contribution in [1.82, 2.24) is 15.1 Å². The summed E-state index contributed by atoms with van der Waals surface area (Å²) in [6.45, 7) is 8.09. The molecule has 3 aromatic carbocycles. The molecule has 43 heavy (non-hydrogen) atoms. The van der Waals surface area contributed by atoms with E-state index in [4.69, 9.17) is 16.3 Å². The zero-order valence-electron chi connectivity index (χ0n) is 25.7. The van der Waals surface area contributed by atoms with Crippen LogP contribution in [0.4, 0.5) is 0 Å². The molecule has 1 fully saturated rings. The number of nitrogens with zero attached hydrogens (tertiary/aromatic N) is 2. The van der Waals surface area contributed by atoms with Crippen LogP contribution in [0.3, 0.4) is 0 Å². The van der Waals surface area contributed by atoms with Crippen LogP contribution in [0, 0.1) is 13.8 Å².